The van der Waals surface area contributed by atoms with Gasteiger partial charge in [0.25, 0.3) is 15.9 Å². The molecular formula is C10H8IN5O3S. The second-order valence-corrected chi connectivity index (χ2v) is 7.23. The third-order valence-corrected chi connectivity index (χ3v) is 5.26. The van der Waals surface area contributed by atoms with Crippen LogP contribution in [0.15, 0.2) is 23.1 Å². The van der Waals surface area contributed by atoms with Gasteiger partial charge in [0.05, 0.1) is 12.6 Å². The van der Waals surface area contributed by atoms with E-state index in [0.717, 1.165) is 7.88 Å². The summed E-state index contributed by atoms with van der Waals surface area (Å²) in [5.41, 5.74) is 0.181. The predicted octanol–water partition coefficient (Wildman–Crippen LogP) is 0.159. The number of nitrogens with zero attached hydrogens (tertiary/aromatic N) is 5. The Morgan fingerprint density at radius 1 is 1.35 bits per heavy atom. The number of sulfonamides is 1. The number of aryl methyl sites for hydroxylation is 1. The van der Waals surface area contributed by atoms with Crippen LogP contribution < -0.4 is 0 Å². The molecule has 0 aliphatic carbocycles. The van der Waals surface area contributed by atoms with E-state index in [1.54, 1.807) is 19.2 Å². The molecule has 0 saturated heterocycles. The second kappa shape index (κ2) is 4.48. The van der Waals surface area contributed by atoms with Gasteiger partial charge in [-0.25, -0.2) is 12.7 Å². The Hall–Kier alpha value is -1.56. The topological polar surface area (TPSA) is 98.0 Å². The number of aromatic nitrogens is 4. The molecule has 0 unspecified atom stereocenters. The second-order valence-electron chi connectivity index (χ2n) is 4.15. The molecule has 0 saturated carbocycles. The van der Waals surface area contributed by atoms with Crippen LogP contribution in [0.2, 0.25) is 0 Å². The largest absolute Gasteiger partial charge is 0.269 e. The van der Waals surface area contributed by atoms with Crippen LogP contribution in [0, 0.1) is 3.57 Å². The van der Waals surface area contributed by atoms with Crippen LogP contribution in [0.3, 0.4) is 0 Å². The van der Waals surface area contributed by atoms with Crippen LogP contribution >= 0.6 is 22.6 Å². The lowest BCUT2D eigenvalue weighted by molar-refractivity contribution is 0.0862. The third-order valence-electron chi connectivity index (χ3n) is 2.80. The Morgan fingerprint density at radius 2 is 2.10 bits per heavy atom. The molecule has 104 valence electrons. The summed E-state index contributed by atoms with van der Waals surface area (Å²) in [7, 11) is -2.27. The van der Waals surface area contributed by atoms with E-state index in [1.807, 2.05) is 22.6 Å². The summed E-state index contributed by atoms with van der Waals surface area (Å²) in [5.74, 6) is -0.391. The average Bonchev–Trinajstić information content (AvgIpc) is 2.86. The Bertz CT molecular complexity index is 816. The van der Waals surface area contributed by atoms with E-state index >= 15 is 0 Å². The minimum absolute atomic E-state index is 0.0202. The number of carbonyl (C=O) groups is 1. The minimum Gasteiger partial charge on any atom is -0.268 e. The standard InChI is InChI=1S/C10H8IN5O3S/c1-15-13-9(12-14-15)5-16-10(17)7-4-6(11)2-3-8(7)20(16,18)19/h2-4H,5H2,1H3. The zero-order chi connectivity index (χ0) is 14.5. The molecule has 0 spiro atoms. The van der Waals surface area contributed by atoms with Crippen LogP contribution in [0.25, 0.3) is 0 Å². The minimum atomic E-state index is -3.84. The Kier molecular flexibility index (Phi) is 3.01. The maximum atomic E-state index is 12.3. The molecule has 1 amide bonds. The van der Waals surface area contributed by atoms with Crippen LogP contribution in [0.1, 0.15) is 16.2 Å². The fourth-order valence-corrected chi connectivity index (χ4v) is 3.92. The van der Waals surface area contributed by atoms with Crippen molar-refractivity contribution >= 4 is 38.5 Å². The number of hydrogen-bond donors (Lipinski definition) is 0. The van der Waals surface area contributed by atoms with Gasteiger partial charge in [0.1, 0.15) is 11.4 Å². The predicted molar refractivity (Wildman–Crippen MR) is 75.0 cm³/mol. The SMILES string of the molecule is Cn1nnc(CN2C(=O)c3cc(I)ccc3S2(=O)=O)n1. The van der Waals surface area contributed by atoms with Crippen LogP contribution in [0.5, 0.6) is 0 Å². The van der Waals surface area contributed by atoms with Gasteiger partial charge in [0.2, 0.25) is 0 Å². The Morgan fingerprint density at radius 3 is 2.75 bits per heavy atom. The summed E-state index contributed by atoms with van der Waals surface area (Å²) in [6.07, 6.45) is 0. The van der Waals surface area contributed by atoms with Gasteiger partial charge in [-0.1, -0.05) is 0 Å². The molecule has 0 N–H and O–H groups in total. The Labute approximate surface area is 128 Å². The molecule has 0 atom stereocenters. The third kappa shape index (κ3) is 1.98. The highest BCUT2D eigenvalue weighted by Crippen LogP contribution is 2.31. The van der Waals surface area contributed by atoms with Gasteiger partial charge in [0.15, 0.2) is 5.82 Å². The number of carbonyl (C=O) groups excluding carboxylic acids is 1. The van der Waals surface area contributed by atoms with Gasteiger partial charge in [0, 0.05) is 3.57 Å². The fourth-order valence-electron chi connectivity index (χ4n) is 1.93. The zero-order valence-electron chi connectivity index (χ0n) is 10.2. The fraction of sp³-hybridized carbons (Fsp3) is 0.200. The van der Waals surface area contributed by atoms with E-state index in [-0.39, 0.29) is 22.8 Å². The number of tetrazole rings is 1. The lowest BCUT2D eigenvalue weighted by Gasteiger charge is -2.11. The summed E-state index contributed by atoms with van der Waals surface area (Å²) >= 11 is 2.03. The first-order valence-corrected chi connectivity index (χ1v) is 8.01. The van der Waals surface area contributed by atoms with Gasteiger partial charge in [-0.2, -0.15) is 4.80 Å². The van der Waals surface area contributed by atoms with Crippen molar-refractivity contribution in [3.8, 4) is 0 Å². The summed E-state index contributed by atoms with van der Waals surface area (Å²) in [5, 5.41) is 11.2. The summed E-state index contributed by atoms with van der Waals surface area (Å²) < 4.78 is 26.2. The van der Waals surface area contributed by atoms with Crippen molar-refractivity contribution < 1.29 is 13.2 Å². The molecule has 0 bridgehead atoms. The number of fused-ring (bicyclic) bond motifs is 1. The van der Waals surface area contributed by atoms with Gasteiger partial charge in [-0.3, -0.25) is 4.79 Å². The molecule has 2 heterocycles. The maximum absolute atomic E-state index is 12.3. The van der Waals surface area contributed by atoms with Crippen molar-refractivity contribution in [1.82, 2.24) is 24.5 Å². The first kappa shape index (κ1) is 13.4. The highest BCUT2D eigenvalue weighted by molar-refractivity contribution is 14.1. The maximum Gasteiger partial charge on any atom is 0.269 e. The van der Waals surface area contributed by atoms with E-state index in [0.29, 0.717) is 0 Å². The molecule has 1 aromatic carbocycles. The van der Waals surface area contributed by atoms with E-state index in [1.165, 1.54) is 10.9 Å². The molecular weight excluding hydrogens is 397 g/mol. The molecule has 2 aromatic rings. The van der Waals surface area contributed by atoms with Crippen LogP contribution in [0.4, 0.5) is 0 Å². The smallest absolute Gasteiger partial charge is 0.268 e. The van der Waals surface area contributed by atoms with Gasteiger partial charge < -0.3 is 0 Å². The molecule has 20 heavy (non-hydrogen) atoms. The van der Waals surface area contributed by atoms with Crippen molar-refractivity contribution in [2.24, 2.45) is 7.05 Å². The molecule has 0 fully saturated rings. The summed E-state index contributed by atoms with van der Waals surface area (Å²) in [4.78, 5) is 13.5. The van der Waals surface area contributed by atoms with Crippen molar-refractivity contribution in [3.63, 3.8) is 0 Å². The highest BCUT2D eigenvalue weighted by atomic mass is 127. The first-order chi connectivity index (χ1) is 9.39. The monoisotopic (exact) mass is 405 g/mol. The number of amides is 1. The molecule has 1 aromatic heterocycles. The molecule has 8 nitrogen and oxygen atoms in total. The average molecular weight is 405 g/mol. The molecule has 0 radical (unpaired) electrons. The van der Waals surface area contributed by atoms with Crippen molar-refractivity contribution in [1.29, 1.82) is 0 Å². The van der Waals surface area contributed by atoms with E-state index in [2.05, 4.69) is 15.4 Å². The zero-order valence-corrected chi connectivity index (χ0v) is 13.2. The quantitative estimate of drug-likeness (QED) is 0.661. The normalized spacial score (nSPS) is 16.5. The number of rotatable bonds is 2. The van der Waals surface area contributed by atoms with Crippen LogP contribution in [-0.2, 0) is 23.6 Å². The molecule has 10 heteroatoms. The van der Waals surface area contributed by atoms with Gasteiger partial charge in [-0.05, 0) is 46.0 Å². The van der Waals surface area contributed by atoms with Crippen LogP contribution in [-0.4, -0.2) is 38.8 Å². The number of benzene rings is 1. The van der Waals surface area contributed by atoms with Crippen molar-refractivity contribution in [2.45, 2.75) is 11.4 Å². The molecule has 1 aliphatic heterocycles. The van der Waals surface area contributed by atoms with Crippen molar-refractivity contribution in [2.75, 3.05) is 0 Å². The van der Waals surface area contributed by atoms with E-state index < -0.39 is 15.9 Å². The lowest BCUT2D eigenvalue weighted by atomic mass is 10.2. The van der Waals surface area contributed by atoms with Gasteiger partial charge >= 0.3 is 0 Å². The summed E-state index contributed by atoms with van der Waals surface area (Å²) in [6.45, 7) is -0.222. The van der Waals surface area contributed by atoms with E-state index in [4.69, 9.17) is 0 Å². The molecule has 3 rings (SSSR count). The number of hydrogen-bond acceptors (Lipinski definition) is 6. The summed E-state index contributed by atoms with van der Waals surface area (Å²) in [6, 6.07) is 4.64. The highest BCUT2D eigenvalue weighted by Gasteiger charge is 2.41. The number of halogens is 1. The van der Waals surface area contributed by atoms with Crippen molar-refractivity contribution in [3.05, 3.63) is 33.2 Å². The van der Waals surface area contributed by atoms with Gasteiger partial charge in [-0.15, -0.1) is 10.2 Å². The van der Waals surface area contributed by atoms with E-state index in [9.17, 15) is 13.2 Å². The molecule has 1 aliphatic rings. The first-order valence-electron chi connectivity index (χ1n) is 5.49. The Balaban J connectivity index is 2.05. The lowest BCUT2D eigenvalue weighted by Crippen LogP contribution is -2.30.